The Hall–Kier alpha value is -8.57. The normalized spacial score (nSPS) is 11.9. The minimum absolute atomic E-state index is 0.639. The number of fused-ring (bicyclic) bond motifs is 3. The van der Waals surface area contributed by atoms with Crippen molar-refractivity contribution in [1.82, 2.24) is 15.0 Å². The summed E-state index contributed by atoms with van der Waals surface area (Å²) in [6, 6.07) is 81.4. The van der Waals surface area contributed by atoms with Gasteiger partial charge in [-0.25, -0.2) is 15.0 Å². The van der Waals surface area contributed by atoms with E-state index in [4.69, 9.17) is 15.0 Å². The third-order valence-electron chi connectivity index (χ3n) is 13.6. The fourth-order valence-corrected chi connectivity index (χ4v) is 11.5. The number of thiophene rings is 1. The summed E-state index contributed by atoms with van der Waals surface area (Å²) < 4.78 is 1.27. The molecule has 0 unspecified atom stereocenters. The largest absolute Gasteiger partial charge is 0.208 e. The van der Waals surface area contributed by atoms with Gasteiger partial charge in [0.05, 0.1) is 0 Å². The molecule has 67 heavy (non-hydrogen) atoms. The Labute approximate surface area is 390 Å². The van der Waals surface area contributed by atoms with Crippen molar-refractivity contribution in [3.05, 3.63) is 224 Å². The number of hydrogen-bond acceptors (Lipinski definition) is 4. The van der Waals surface area contributed by atoms with Gasteiger partial charge >= 0.3 is 0 Å². The van der Waals surface area contributed by atoms with Crippen LogP contribution in [-0.4, -0.2) is 15.0 Å². The van der Waals surface area contributed by atoms with Crippen molar-refractivity contribution >= 4 is 86.1 Å². The van der Waals surface area contributed by atoms with E-state index < -0.39 is 0 Å². The van der Waals surface area contributed by atoms with Gasteiger partial charge in [0.15, 0.2) is 17.5 Å². The molecule has 0 radical (unpaired) electrons. The van der Waals surface area contributed by atoms with Crippen LogP contribution in [0.4, 0.5) is 0 Å². The van der Waals surface area contributed by atoms with Crippen LogP contribution in [0.3, 0.4) is 0 Å². The standard InChI is InChI=1S/C63H37N3S/c1-2-10-44(11-3-1)61-64-62(66-63(65-61)49-17-6-16-46(34-49)56-37-47-12-4-5-21-55(47)67-56)45-31-26-39(27-32-45)38-22-24-40(25-23-38)50-35-48-33-30-43-14-8-19-52-51-18-7-13-41-28-29-42-15-9-20-53(59(42)57(41)51)54(36-50)60(48)58(43)52/h1-37H. The average molecular weight is 868 g/mol. The Morgan fingerprint density at radius 1 is 0.239 bits per heavy atom. The third kappa shape index (κ3) is 6.22. The molecule has 0 saturated heterocycles. The first-order valence-corrected chi connectivity index (χ1v) is 23.6. The molecule has 310 valence electrons. The summed E-state index contributed by atoms with van der Waals surface area (Å²) in [7, 11) is 0. The van der Waals surface area contributed by atoms with Gasteiger partial charge in [-0.1, -0.05) is 194 Å². The van der Waals surface area contributed by atoms with Gasteiger partial charge in [0.25, 0.3) is 0 Å². The third-order valence-corrected chi connectivity index (χ3v) is 14.8. The summed E-state index contributed by atoms with van der Waals surface area (Å²) in [4.78, 5) is 16.4. The van der Waals surface area contributed by atoms with Crippen molar-refractivity contribution in [3.63, 3.8) is 0 Å². The highest BCUT2D eigenvalue weighted by Gasteiger charge is 2.18. The van der Waals surface area contributed by atoms with Crippen LogP contribution in [0.15, 0.2) is 224 Å². The monoisotopic (exact) mass is 867 g/mol. The fraction of sp³-hybridized carbons (Fsp3) is 0. The summed E-state index contributed by atoms with van der Waals surface area (Å²) in [5.74, 6) is 1.93. The molecule has 3 nitrogen and oxygen atoms in total. The van der Waals surface area contributed by atoms with Crippen molar-refractivity contribution in [3.8, 4) is 66.9 Å². The molecule has 2 heterocycles. The molecule has 0 spiro atoms. The number of nitrogens with zero attached hydrogens (tertiary/aromatic N) is 3. The molecule has 0 N–H and O–H groups in total. The molecule has 0 aliphatic carbocycles. The van der Waals surface area contributed by atoms with Crippen LogP contribution in [0.5, 0.6) is 0 Å². The molecule has 0 amide bonds. The molecule has 2 aromatic heterocycles. The molecule has 0 saturated carbocycles. The van der Waals surface area contributed by atoms with Gasteiger partial charge in [-0.3, -0.25) is 0 Å². The molecule has 12 aromatic carbocycles. The van der Waals surface area contributed by atoms with Crippen LogP contribution < -0.4 is 0 Å². The van der Waals surface area contributed by atoms with Crippen molar-refractivity contribution < 1.29 is 0 Å². The maximum Gasteiger partial charge on any atom is 0.164 e. The van der Waals surface area contributed by atoms with Crippen LogP contribution in [-0.2, 0) is 0 Å². The molecule has 0 bridgehead atoms. The molecule has 14 rings (SSSR count). The first-order chi connectivity index (χ1) is 33.2. The van der Waals surface area contributed by atoms with Gasteiger partial charge in [-0.15, -0.1) is 11.3 Å². The van der Waals surface area contributed by atoms with E-state index in [9.17, 15) is 0 Å². The van der Waals surface area contributed by atoms with Crippen LogP contribution in [0, 0.1) is 0 Å². The van der Waals surface area contributed by atoms with E-state index in [1.54, 1.807) is 11.3 Å². The van der Waals surface area contributed by atoms with E-state index in [1.165, 1.54) is 90.7 Å². The van der Waals surface area contributed by atoms with E-state index in [2.05, 4.69) is 206 Å². The lowest BCUT2D eigenvalue weighted by Gasteiger charge is -2.17. The molecule has 0 atom stereocenters. The first-order valence-electron chi connectivity index (χ1n) is 22.7. The quantitative estimate of drug-likeness (QED) is 0.156. The Bertz CT molecular complexity index is 4210. The molecular formula is C63H37N3S. The van der Waals surface area contributed by atoms with E-state index in [0.717, 1.165) is 33.4 Å². The lowest BCUT2D eigenvalue weighted by Crippen LogP contribution is -2.00. The molecule has 0 fully saturated rings. The maximum absolute atomic E-state index is 5.11. The summed E-state index contributed by atoms with van der Waals surface area (Å²) in [6.07, 6.45) is 0. The Morgan fingerprint density at radius 2 is 0.672 bits per heavy atom. The predicted molar refractivity (Wildman–Crippen MR) is 284 cm³/mol. The second-order valence-corrected chi connectivity index (χ2v) is 18.6. The van der Waals surface area contributed by atoms with E-state index in [0.29, 0.717) is 17.5 Å². The highest BCUT2D eigenvalue weighted by molar-refractivity contribution is 7.22. The van der Waals surface area contributed by atoms with E-state index >= 15 is 0 Å². The van der Waals surface area contributed by atoms with Crippen LogP contribution in [0.2, 0.25) is 0 Å². The van der Waals surface area contributed by atoms with Crippen molar-refractivity contribution in [2.75, 3.05) is 0 Å². The SMILES string of the molecule is c1ccc(-c2nc(-c3ccc(-c4ccc(-c5cc6ccc7cccc8c9cccc%10ccc%11cccc(c(c5)c6c78)c%11c%109)cc4)cc3)nc(-c3cccc(-c4cc5ccccc5s4)c3)n2)cc1. The molecule has 0 aliphatic heterocycles. The fourth-order valence-electron chi connectivity index (χ4n) is 10.4. The minimum Gasteiger partial charge on any atom is -0.208 e. The van der Waals surface area contributed by atoms with Gasteiger partial charge < -0.3 is 0 Å². The van der Waals surface area contributed by atoms with Crippen molar-refractivity contribution in [2.24, 2.45) is 0 Å². The van der Waals surface area contributed by atoms with E-state index in [1.807, 2.05) is 18.2 Å². The number of aromatic nitrogens is 3. The van der Waals surface area contributed by atoms with Crippen molar-refractivity contribution in [2.45, 2.75) is 0 Å². The molecule has 4 heteroatoms. The zero-order chi connectivity index (χ0) is 44.0. The maximum atomic E-state index is 5.11. The summed E-state index contributed by atoms with van der Waals surface area (Å²) in [5, 5.41) is 16.7. The predicted octanol–water partition coefficient (Wildman–Crippen LogP) is 17.4. The average Bonchev–Trinajstić information content (AvgIpc) is 3.85. The zero-order valence-electron chi connectivity index (χ0n) is 36.1. The number of rotatable bonds is 6. The number of benzene rings is 11. The Kier molecular flexibility index (Phi) is 8.45. The van der Waals surface area contributed by atoms with Crippen molar-refractivity contribution in [1.29, 1.82) is 0 Å². The number of hydrogen-bond donors (Lipinski definition) is 0. The smallest absolute Gasteiger partial charge is 0.164 e. The Morgan fingerprint density at radius 3 is 1.28 bits per heavy atom. The van der Waals surface area contributed by atoms with Gasteiger partial charge in [-0.2, -0.15) is 0 Å². The highest BCUT2D eigenvalue weighted by Crippen LogP contribution is 2.45. The summed E-state index contributed by atoms with van der Waals surface area (Å²) >= 11 is 1.80. The lowest BCUT2D eigenvalue weighted by molar-refractivity contribution is 1.07. The van der Waals surface area contributed by atoms with Gasteiger partial charge in [-0.05, 0) is 128 Å². The summed E-state index contributed by atoms with van der Waals surface area (Å²) in [6.45, 7) is 0. The van der Waals surface area contributed by atoms with Gasteiger partial charge in [0.1, 0.15) is 0 Å². The second-order valence-electron chi connectivity index (χ2n) is 17.5. The molecular weight excluding hydrogens is 831 g/mol. The lowest BCUT2D eigenvalue weighted by atomic mass is 9.86. The highest BCUT2D eigenvalue weighted by atomic mass is 32.1. The minimum atomic E-state index is 0.639. The summed E-state index contributed by atoms with van der Waals surface area (Å²) in [5.41, 5.74) is 8.64. The van der Waals surface area contributed by atoms with Gasteiger partial charge in [0.2, 0.25) is 0 Å². The second kappa shape index (κ2) is 15.0. The van der Waals surface area contributed by atoms with E-state index in [-0.39, 0.29) is 0 Å². The van der Waals surface area contributed by atoms with Crippen LogP contribution in [0.25, 0.3) is 142 Å². The van der Waals surface area contributed by atoms with Crippen LogP contribution >= 0.6 is 11.3 Å². The first kappa shape index (κ1) is 37.8. The topological polar surface area (TPSA) is 38.7 Å². The molecule has 0 aliphatic rings. The Balaban J connectivity index is 0.843. The van der Waals surface area contributed by atoms with Crippen LogP contribution in [0.1, 0.15) is 0 Å². The zero-order valence-corrected chi connectivity index (χ0v) is 36.9. The molecule has 14 aromatic rings. The van der Waals surface area contributed by atoms with Gasteiger partial charge in [0, 0.05) is 26.3 Å².